The third-order valence-electron chi connectivity index (χ3n) is 4.26. The quantitative estimate of drug-likeness (QED) is 0.533. The number of nitrogens with zero attached hydrogens (tertiary/aromatic N) is 1. The number of thiophene rings is 1. The normalized spacial score (nSPS) is 10.4. The fourth-order valence-corrected chi connectivity index (χ4v) is 4.00. The highest BCUT2D eigenvalue weighted by atomic mass is 32.1. The molecule has 0 unspecified atom stereocenters. The van der Waals surface area contributed by atoms with Gasteiger partial charge in [0.25, 0.3) is 0 Å². The summed E-state index contributed by atoms with van der Waals surface area (Å²) < 4.78 is 5.31. The van der Waals surface area contributed by atoms with E-state index in [-0.39, 0.29) is 0 Å². The molecule has 2 aromatic carbocycles. The van der Waals surface area contributed by atoms with Crippen molar-refractivity contribution in [1.29, 1.82) is 0 Å². The molecule has 0 fully saturated rings. The molecular weight excluding hydrogens is 372 g/mol. The minimum Gasteiger partial charge on any atom is -0.497 e. The average Bonchev–Trinajstić information content (AvgIpc) is 3.10. The van der Waals surface area contributed by atoms with Crippen molar-refractivity contribution in [2.75, 3.05) is 19.0 Å². The number of hydrogen-bond donors (Lipinski definition) is 1. The summed E-state index contributed by atoms with van der Waals surface area (Å²) in [6, 6.07) is 22.7. The number of ether oxygens (including phenoxy) is 1. The second kappa shape index (κ2) is 9.53. The first-order chi connectivity index (χ1) is 13.1. The first kappa shape index (κ1) is 19.4. The smallest absolute Gasteiger partial charge is 0.173 e. The van der Waals surface area contributed by atoms with Gasteiger partial charge in [0.1, 0.15) is 5.75 Å². The van der Waals surface area contributed by atoms with E-state index in [9.17, 15) is 0 Å². The second-order valence-electron chi connectivity index (χ2n) is 6.33. The summed E-state index contributed by atoms with van der Waals surface area (Å²) >= 11 is 7.56. The van der Waals surface area contributed by atoms with Crippen molar-refractivity contribution in [2.45, 2.75) is 19.9 Å². The Balaban J connectivity index is 1.71. The summed E-state index contributed by atoms with van der Waals surface area (Å²) in [6.07, 6.45) is 0.950. The first-order valence-corrected chi connectivity index (χ1v) is 10.2. The van der Waals surface area contributed by atoms with Gasteiger partial charge in [0.2, 0.25) is 0 Å². The van der Waals surface area contributed by atoms with Crippen molar-refractivity contribution < 1.29 is 4.74 Å². The van der Waals surface area contributed by atoms with Gasteiger partial charge in [-0.3, -0.25) is 0 Å². The lowest BCUT2D eigenvalue weighted by Gasteiger charge is -2.25. The van der Waals surface area contributed by atoms with E-state index >= 15 is 0 Å². The van der Waals surface area contributed by atoms with Crippen molar-refractivity contribution in [3.05, 3.63) is 82.0 Å². The van der Waals surface area contributed by atoms with Crippen LogP contribution in [0, 0.1) is 6.92 Å². The average molecular weight is 397 g/mol. The Kier molecular flexibility index (Phi) is 6.85. The van der Waals surface area contributed by atoms with Crippen molar-refractivity contribution in [3.8, 4) is 5.75 Å². The minimum atomic E-state index is 0.727. The van der Waals surface area contributed by atoms with Crippen LogP contribution in [0.3, 0.4) is 0 Å². The number of methoxy groups -OCH3 is 1. The van der Waals surface area contributed by atoms with Crippen LogP contribution < -0.4 is 10.1 Å². The third-order valence-corrected chi connectivity index (χ3v) is 5.61. The monoisotopic (exact) mass is 396 g/mol. The highest BCUT2D eigenvalue weighted by molar-refractivity contribution is 7.80. The van der Waals surface area contributed by atoms with Crippen LogP contribution in [0.15, 0.2) is 66.7 Å². The van der Waals surface area contributed by atoms with Gasteiger partial charge in [-0.05, 0) is 55.4 Å². The topological polar surface area (TPSA) is 24.5 Å². The van der Waals surface area contributed by atoms with Crippen LogP contribution in [0.5, 0.6) is 5.75 Å². The first-order valence-electron chi connectivity index (χ1n) is 8.93. The molecular formula is C22H24N2OS2. The van der Waals surface area contributed by atoms with Gasteiger partial charge in [-0.1, -0.05) is 36.4 Å². The van der Waals surface area contributed by atoms with Gasteiger partial charge in [-0.2, -0.15) is 0 Å². The van der Waals surface area contributed by atoms with Crippen LogP contribution >= 0.6 is 23.6 Å². The number of benzene rings is 2. The number of aryl methyl sites for hydroxylation is 1. The Morgan fingerprint density at radius 3 is 2.59 bits per heavy atom. The van der Waals surface area contributed by atoms with E-state index < -0.39 is 0 Å². The summed E-state index contributed by atoms with van der Waals surface area (Å²) in [5, 5.41) is 4.09. The fraction of sp³-hybridized carbons (Fsp3) is 0.227. The Labute approximate surface area is 170 Å². The van der Waals surface area contributed by atoms with E-state index in [1.807, 2.05) is 41.7 Å². The van der Waals surface area contributed by atoms with Gasteiger partial charge in [-0.25, -0.2) is 0 Å². The zero-order chi connectivity index (χ0) is 19.1. The lowest BCUT2D eigenvalue weighted by atomic mass is 10.1. The Bertz CT molecular complexity index is 877. The predicted molar refractivity (Wildman–Crippen MR) is 119 cm³/mol. The zero-order valence-corrected chi connectivity index (χ0v) is 17.3. The van der Waals surface area contributed by atoms with E-state index in [4.69, 9.17) is 17.0 Å². The largest absolute Gasteiger partial charge is 0.497 e. The number of thiocarbonyl (C=S) groups is 1. The molecule has 5 heteroatoms. The van der Waals surface area contributed by atoms with Gasteiger partial charge < -0.3 is 15.0 Å². The summed E-state index contributed by atoms with van der Waals surface area (Å²) in [7, 11) is 1.67. The number of anilines is 1. The molecule has 0 bridgehead atoms. The number of hydrogen-bond acceptors (Lipinski definition) is 3. The summed E-state index contributed by atoms with van der Waals surface area (Å²) in [6.45, 7) is 3.80. The molecule has 0 spiro atoms. The van der Waals surface area contributed by atoms with Crippen molar-refractivity contribution in [2.24, 2.45) is 0 Å². The second-order valence-corrected chi connectivity index (χ2v) is 8.09. The maximum Gasteiger partial charge on any atom is 0.173 e. The maximum atomic E-state index is 5.74. The highest BCUT2D eigenvalue weighted by Crippen LogP contribution is 2.20. The van der Waals surface area contributed by atoms with Gasteiger partial charge >= 0.3 is 0 Å². The fourth-order valence-electron chi connectivity index (χ4n) is 2.82. The lowest BCUT2D eigenvalue weighted by Crippen LogP contribution is -2.35. The Hall–Kier alpha value is -2.37. The summed E-state index contributed by atoms with van der Waals surface area (Å²) in [5.41, 5.74) is 2.25. The third kappa shape index (κ3) is 5.81. The molecule has 3 aromatic rings. The maximum absolute atomic E-state index is 5.74. The molecule has 1 heterocycles. The van der Waals surface area contributed by atoms with Crippen molar-refractivity contribution in [3.63, 3.8) is 0 Å². The molecule has 0 atom stereocenters. The van der Waals surface area contributed by atoms with E-state index in [1.165, 1.54) is 15.3 Å². The molecule has 1 N–H and O–H groups in total. The van der Waals surface area contributed by atoms with Crippen LogP contribution in [0.1, 0.15) is 15.3 Å². The zero-order valence-electron chi connectivity index (χ0n) is 15.6. The molecule has 0 aliphatic rings. The van der Waals surface area contributed by atoms with Crippen LogP contribution in [-0.4, -0.2) is 23.7 Å². The molecule has 0 saturated heterocycles. The Morgan fingerprint density at radius 1 is 1.07 bits per heavy atom. The van der Waals surface area contributed by atoms with E-state index in [0.29, 0.717) is 0 Å². The molecule has 27 heavy (non-hydrogen) atoms. The molecule has 3 rings (SSSR count). The van der Waals surface area contributed by atoms with Gasteiger partial charge in [-0.15, -0.1) is 11.3 Å². The van der Waals surface area contributed by atoms with E-state index in [1.54, 1.807) is 7.11 Å². The molecule has 3 nitrogen and oxygen atoms in total. The van der Waals surface area contributed by atoms with E-state index in [0.717, 1.165) is 36.1 Å². The summed E-state index contributed by atoms with van der Waals surface area (Å²) in [5.74, 6) is 0.813. The lowest BCUT2D eigenvalue weighted by molar-refractivity contribution is 0.415. The van der Waals surface area contributed by atoms with Crippen molar-refractivity contribution >= 4 is 34.4 Å². The molecule has 0 aliphatic carbocycles. The molecule has 1 aromatic heterocycles. The molecule has 0 aliphatic heterocycles. The van der Waals surface area contributed by atoms with Crippen molar-refractivity contribution in [1.82, 2.24) is 4.90 Å². The van der Waals surface area contributed by atoms with Gasteiger partial charge in [0.15, 0.2) is 5.11 Å². The standard InChI is InChI=1S/C22H24N2OS2/c1-17-11-12-21(27-17)16-24(14-13-18-7-4-3-5-8-18)22(26)23-19-9-6-10-20(15-19)25-2/h3-12,15H,13-14,16H2,1-2H3,(H,23,26). The van der Waals surface area contributed by atoms with Gasteiger partial charge in [0, 0.05) is 28.1 Å². The minimum absolute atomic E-state index is 0.727. The molecule has 0 saturated carbocycles. The molecule has 0 amide bonds. The van der Waals surface area contributed by atoms with Crippen LogP contribution in [0.25, 0.3) is 0 Å². The molecule has 140 valence electrons. The Morgan fingerprint density at radius 2 is 1.89 bits per heavy atom. The van der Waals surface area contributed by atoms with Crippen LogP contribution in [0.2, 0.25) is 0 Å². The SMILES string of the molecule is COc1cccc(NC(=S)N(CCc2ccccc2)Cc2ccc(C)s2)c1. The van der Waals surface area contributed by atoms with Crippen LogP contribution in [0.4, 0.5) is 5.69 Å². The molecule has 0 radical (unpaired) electrons. The number of nitrogens with one attached hydrogen (secondary N) is 1. The van der Waals surface area contributed by atoms with Crippen LogP contribution in [-0.2, 0) is 13.0 Å². The van der Waals surface area contributed by atoms with E-state index in [2.05, 4.69) is 53.5 Å². The predicted octanol–water partition coefficient (Wildman–Crippen LogP) is 5.51. The van der Waals surface area contributed by atoms with Gasteiger partial charge in [0.05, 0.1) is 13.7 Å². The highest BCUT2D eigenvalue weighted by Gasteiger charge is 2.12. The number of rotatable bonds is 7. The summed E-state index contributed by atoms with van der Waals surface area (Å²) in [4.78, 5) is 4.86.